The zero-order valence-electron chi connectivity index (χ0n) is 9.47. The quantitative estimate of drug-likeness (QED) is 0.508. The van der Waals surface area contributed by atoms with Crippen molar-refractivity contribution < 1.29 is 24.3 Å². The van der Waals surface area contributed by atoms with Gasteiger partial charge in [0.05, 0.1) is 18.2 Å². The fraction of sp³-hybridized carbons (Fsp3) is 0.556. The lowest BCUT2D eigenvalue weighted by molar-refractivity contribution is -0.138. The third-order valence-electron chi connectivity index (χ3n) is 2.04. The Kier molecular flexibility index (Phi) is 5.43. The Balaban J connectivity index is 2.18. The van der Waals surface area contributed by atoms with E-state index in [1.165, 1.54) is 16.7 Å². The van der Waals surface area contributed by atoms with Crippen molar-refractivity contribution >= 4 is 35.5 Å². The van der Waals surface area contributed by atoms with Gasteiger partial charge < -0.3 is 20.6 Å². The third kappa shape index (κ3) is 5.04. The summed E-state index contributed by atoms with van der Waals surface area (Å²) in [4.78, 5) is 45.2. The molecule has 1 aliphatic heterocycles. The number of amides is 3. The van der Waals surface area contributed by atoms with Gasteiger partial charge >= 0.3 is 5.97 Å². The van der Waals surface area contributed by atoms with Crippen molar-refractivity contribution in [1.82, 2.24) is 15.5 Å². The molecule has 8 nitrogen and oxygen atoms in total. The summed E-state index contributed by atoms with van der Waals surface area (Å²) < 4.78 is 0. The van der Waals surface area contributed by atoms with Gasteiger partial charge in [-0.3, -0.25) is 19.2 Å². The number of thioether (sulfide) groups is 1. The summed E-state index contributed by atoms with van der Waals surface area (Å²) in [5.41, 5.74) is 0. The monoisotopic (exact) mass is 275 g/mol. The first-order valence-corrected chi connectivity index (χ1v) is 6.25. The molecule has 3 N–H and O–H groups in total. The molecule has 100 valence electrons. The molecule has 0 spiro atoms. The summed E-state index contributed by atoms with van der Waals surface area (Å²) in [5.74, 6) is -1.46. The van der Waals surface area contributed by atoms with E-state index in [9.17, 15) is 19.2 Å². The lowest BCUT2D eigenvalue weighted by atomic mass is 10.4. The highest BCUT2D eigenvalue weighted by Gasteiger charge is 2.22. The van der Waals surface area contributed by atoms with Crippen LogP contribution >= 0.6 is 11.8 Å². The summed E-state index contributed by atoms with van der Waals surface area (Å²) in [6, 6.07) is 0. The first-order valence-electron chi connectivity index (χ1n) is 5.09. The van der Waals surface area contributed by atoms with Gasteiger partial charge in [0.2, 0.25) is 17.7 Å². The van der Waals surface area contributed by atoms with E-state index in [2.05, 4.69) is 10.6 Å². The molecule has 9 heteroatoms. The molecule has 3 amide bonds. The minimum absolute atomic E-state index is 0.0853. The van der Waals surface area contributed by atoms with E-state index in [-0.39, 0.29) is 19.0 Å². The van der Waals surface area contributed by atoms with Crippen molar-refractivity contribution in [3.8, 4) is 0 Å². The summed E-state index contributed by atoms with van der Waals surface area (Å²) >= 11 is 1.42. The lowest BCUT2D eigenvalue weighted by Crippen LogP contribution is -2.43. The second kappa shape index (κ2) is 6.84. The molecule has 1 saturated heterocycles. The van der Waals surface area contributed by atoms with Crippen LogP contribution < -0.4 is 10.6 Å². The number of hydrogen-bond donors (Lipinski definition) is 3. The highest BCUT2D eigenvalue weighted by Crippen LogP contribution is 2.13. The Labute approximate surface area is 107 Å². The minimum Gasteiger partial charge on any atom is -0.480 e. The van der Waals surface area contributed by atoms with Crippen LogP contribution in [0.3, 0.4) is 0 Å². The smallest absolute Gasteiger partial charge is 0.322 e. The third-order valence-corrected chi connectivity index (χ3v) is 2.99. The van der Waals surface area contributed by atoms with E-state index in [0.29, 0.717) is 11.6 Å². The van der Waals surface area contributed by atoms with Crippen LogP contribution in [-0.2, 0) is 19.2 Å². The van der Waals surface area contributed by atoms with Crippen molar-refractivity contribution in [3.05, 3.63) is 0 Å². The molecule has 0 aromatic carbocycles. The maximum absolute atomic E-state index is 11.4. The molecule has 0 saturated carbocycles. The molecular weight excluding hydrogens is 262 g/mol. The number of carboxylic acid groups (broad SMARTS) is 1. The second-order valence-corrected chi connectivity index (χ2v) is 4.47. The normalized spacial score (nSPS) is 14.4. The van der Waals surface area contributed by atoms with Gasteiger partial charge in [-0.05, 0) is 0 Å². The average molecular weight is 275 g/mol. The number of nitrogens with one attached hydrogen (secondary N) is 2. The van der Waals surface area contributed by atoms with Crippen LogP contribution in [0.15, 0.2) is 0 Å². The highest BCUT2D eigenvalue weighted by atomic mass is 32.2. The van der Waals surface area contributed by atoms with E-state index in [1.807, 2.05) is 0 Å². The average Bonchev–Trinajstić information content (AvgIpc) is 2.69. The first kappa shape index (κ1) is 14.3. The van der Waals surface area contributed by atoms with Crippen LogP contribution in [0.2, 0.25) is 0 Å². The largest absolute Gasteiger partial charge is 0.480 e. The van der Waals surface area contributed by atoms with Crippen LogP contribution in [0.1, 0.15) is 0 Å². The maximum Gasteiger partial charge on any atom is 0.322 e. The Bertz CT molecular complexity index is 373. The SMILES string of the molecule is O=C(O)CNC(=O)CNC(=O)CN1CSCC1=O. The van der Waals surface area contributed by atoms with Crippen molar-refractivity contribution in [3.63, 3.8) is 0 Å². The Morgan fingerprint density at radius 1 is 1.22 bits per heavy atom. The standard InChI is InChI=1S/C9H13N3O5S/c13-6(11-2-9(16)17)1-10-7(14)3-12-5-18-4-8(12)15/h1-5H2,(H,10,14)(H,11,13)(H,16,17). The number of carbonyl (C=O) groups is 4. The van der Waals surface area contributed by atoms with E-state index in [0.717, 1.165) is 0 Å². The number of nitrogens with zero attached hydrogens (tertiary/aromatic N) is 1. The number of carbonyl (C=O) groups excluding carboxylic acids is 3. The van der Waals surface area contributed by atoms with E-state index in [1.54, 1.807) is 0 Å². The fourth-order valence-corrected chi connectivity index (χ4v) is 2.09. The molecule has 1 heterocycles. The van der Waals surface area contributed by atoms with Crippen LogP contribution in [0.4, 0.5) is 0 Å². The van der Waals surface area contributed by atoms with Gasteiger partial charge in [0, 0.05) is 0 Å². The first-order chi connectivity index (χ1) is 8.49. The Morgan fingerprint density at radius 3 is 2.44 bits per heavy atom. The van der Waals surface area contributed by atoms with E-state index in [4.69, 9.17) is 5.11 Å². The van der Waals surface area contributed by atoms with Crippen molar-refractivity contribution in [2.24, 2.45) is 0 Å². The zero-order chi connectivity index (χ0) is 13.5. The summed E-state index contributed by atoms with van der Waals surface area (Å²) in [5, 5.41) is 12.7. The number of hydrogen-bond acceptors (Lipinski definition) is 5. The summed E-state index contributed by atoms with van der Waals surface area (Å²) in [6.45, 7) is -0.880. The van der Waals surface area contributed by atoms with Gasteiger partial charge in [-0.1, -0.05) is 0 Å². The molecule has 1 fully saturated rings. The predicted molar refractivity (Wildman–Crippen MR) is 62.7 cm³/mol. The van der Waals surface area contributed by atoms with Crippen LogP contribution in [-0.4, -0.2) is 65.0 Å². The Morgan fingerprint density at radius 2 is 1.89 bits per heavy atom. The molecule has 0 atom stereocenters. The topological polar surface area (TPSA) is 116 Å². The molecule has 0 radical (unpaired) electrons. The van der Waals surface area contributed by atoms with Crippen molar-refractivity contribution in [2.75, 3.05) is 31.3 Å². The van der Waals surface area contributed by atoms with Gasteiger partial charge in [0.15, 0.2) is 0 Å². The zero-order valence-corrected chi connectivity index (χ0v) is 10.3. The summed E-state index contributed by atoms with van der Waals surface area (Å²) in [6.07, 6.45) is 0. The van der Waals surface area contributed by atoms with Crippen molar-refractivity contribution in [1.29, 1.82) is 0 Å². The molecule has 18 heavy (non-hydrogen) atoms. The van der Waals surface area contributed by atoms with Gasteiger partial charge in [-0.25, -0.2) is 0 Å². The molecule has 0 aromatic rings. The molecule has 0 aliphatic carbocycles. The summed E-state index contributed by atoms with van der Waals surface area (Å²) in [7, 11) is 0. The minimum atomic E-state index is -1.16. The second-order valence-electron chi connectivity index (χ2n) is 3.52. The van der Waals surface area contributed by atoms with E-state index >= 15 is 0 Å². The lowest BCUT2D eigenvalue weighted by Gasteiger charge is -2.13. The van der Waals surface area contributed by atoms with Crippen LogP contribution in [0, 0.1) is 0 Å². The molecule has 1 aliphatic rings. The molecular formula is C9H13N3O5S. The van der Waals surface area contributed by atoms with Crippen LogP contribution in [0.5, 0.6) is 0 Å². The number of carboxylic acids is 1. The molecule has 0 bridgehead atoms. The fourth-order valence-electron chi connectivity index (χ4n) is 1.19. The maximum atomic E-state index is 11.4. The molecule has 0 unspecified atom stereocenters. The van der Waals surface area contributed by atoms with Crippen LogP contribution in [0.25, 0.3) is 0 Å². The van der Waals surface area contributed by atoms with Gasteiger partial charge in [-0.15, -0.1) is 11.8 Å². The van der Waals surface area contributed by atoms with Gasteiger partial charge in [0.1, 0.15) is 13.1 Å². The number of rotatable bonds is 6. The molecule has 0 aromatic heterocycles. The predicted octanol–water partition coefficient (Wildman–Crippen LogP) is -2.16. The van der Waals surface area contributed by atoms with E-state index < -0.39 is 24.3 Å². The highest BCUT2D eigenvalue weighted by molar-refractivity contribution is 8.00. The van der Waals surface area contributed by atoms with Gasteiger partial charge in [0.25, 0.3) is 0 Å². The Hall–Kier alpha value is -1.77. The van der Waals surface area contributed by atoms with Gasteiger partial charge in [-0.2, -0.15) is 0 Å². The number of aliphatic carboxylic acids is 1. The van der Waals surface area contributed by atoms with Crippen molar-refractivity contribution in [2.45, 2.75) is 0 Å². The molecule has 1 rings (SSSR count).